The van der Waals surface area contributed by atoms with Gasteiger partial charge in [-0.15, -0.1) is 0 Å². The van der Waals surface area contributed by atoms with Crippen molar-refractivity contribution >= 4 is 22.6 Å². The zero-order valence-corrected chi connectivity index (χ0v) is 7.92. The molecule has 4 heteroatoms. The van der Waals surface area contributed by atoms with Crippen LogP contribution in [0.1, 0.15) is 5.69 Å². The van der Waals surface area contributed by atoms with Crippen molar-refractivity contribution < 1.29 is 0 Å². The molecule has 54 valence electrons. The maximum atomic E-state index is 11.0. The van der Waals surface area contributed by atoms with Gasteiger partial charge in [-0.1, -0.05) is 0 Å². The quantitative estimate of drug-likeness (QED) is 0.635. The molecule has 0 radical (unpaired) electrons. The monoisotopic (exact) mass is 250 g/mol. The minimum Gasteiger partial charge on any atom is -0.314 e. The fraction of sp³-hybridized carbons (Fsp3) is 0.333. The molecule has 0 aliphatic rings. The minimum atomic E-state index is -0.0274. The van der Waals surface area contributed by atoms with E-state index in [0.29, 0.717) is 5.69 Å². The fourth-order valence-corrected chi connectivity index (χ4v) is 1.49. The van der Waals surface area contributed by atoms with Crippen LogP contribution in [0.25, 0.3) is 0 Å². The normalized spacial score (nSPS) is 9.90. The summed E-state index contributed by atoms with van der Waals surface area (Å²) in [5.41, 5.74) is 0.523. The fourth-order valence-electron chi connectivity index (χ4n) is 0.711. The smallest absolute Gasteiger partial charge is 0.271 e. The van der Waals surface area contributed by atoms with Gasteiger partial charge in [0.05, 0.1) is 0 Å². The second-order valence-corrected chi connectivity index (χ2v) is 3.17. The lowest BCUT2D eigenvalue weighted by atomic mass is 10.5. The van der Waals surface area contributed by atoms with Crippen molar-refractivity contribution in [3.8, 4) is 0 Å². The van der Waals surface area contributed by atoms with Gasteiger partial charge >= 0.3 is 0 Å². The molecule has 0 aliphatic heterocycles. The Morgan fingerprint density at radius 2 is 2.30 bits per heavy atom. The van der Waals surface area contributed by atoms with E-state index in [2.05, 4.69) is 27.6 Å². The highest BCUT2D eigenvalue weighted by Crippen LogP contribution is 1.95. The maximum absolute atomic E-state index is 11.0. The van der Waals surface area contributed by atoms with Gasteiger partial charge in [0.1, 0.15) is 9.39 Å². The van der Waals surface area contributed by atoms with Crippen LogP contribution < -0.4 is 5.56 Å². The van der Waals surface area contributed by atoms with Gasteiger partial charge in [0.15, 0.2) is 0 Å². The molecule has 0 spiro atoms. The Morgan fingerprint density at radius 1 is 1.70 bits per heavy atom. The van der Waals surface area contributed by atoms with E-state index in [1.54, 1.807) is 20.2 Å². The second kappa shape index (κ2) is 2.69. The van der Waals surface area contributed by atoms with Crippen LogP contribution >= 0.6 is 22.6 Å². The predicted octanol–water partition coefficient (Wildman–Crippen LogP) is 0.693. The van der Waals surface area contributed by atoms with Gasteiger partial charge in [0, 0.05) is 13.2 Å². The van der Waals surface area contributed by atoms with Gasteiger partial charge in [-0.25, -0.2) is 4.98 Å². The van der Waals surface area contributed by atoms with Crippen molar-refractivity contribution in [3.63, 3.8) is 0 Å². The topological polar surface area (TPSA) is 34.9 Å². The van der Waals surface area contributed by atoms with Crippen molar-refractivity contribution in [3.05, 3.63) is 25.9 Å². The summed E-state index contributed by atoms with van der Waals surface area (Å²) in [4.78, 5) is 15.0. The Kier molecular flexibility index (Phi) is 2.08. The van der Waals surface area contributed by atoms with Crippen LogP contribution in [0.3, 0.4) is 0 Å². The molecule has 0 amide bonds. The molecule has 0 saturated carbocycles. The van der Waals surface area contributed by atoms with Crippen molar-refractivity contribution in [1.29, 1.82) is 0 Å². The molecule has 0 unspecified atom stereocenters. The van der Waals surface area contributed by atoms with E-state index in [-0.39, 0.29) is 5.56 Å². The summed E-state index contributed by atoms with van der Waals surface area (Å²) >= 11 is 2.08. The minimum absolute atomic E-state index is 0.0274. The van der Waals surface area contributed by atoms with Crippen molar-refractivity contribution in [1.82, 2.24) is 9.55 Å². The van der Waals surface area contributed by atoms with E-state index in [9.17, 15) is 4.79 Å². The molecule has 1 aromatic rings. The van der Waals surface area contributed by atoms with Crippen molar-refractivity contribution in [2.45, 2.75) is 6.92 Å². The molecule has 1 aromatic heterocycles. The number of aromatic nitrogens is 2. The lowest BCUT2D eigenvalue weighted by molar-refractivity contribution is 0.812. The summed E-state index contributed by atoms with van der Waals surface area (Å²) in [5, 5.41) is 0. The molecule has 0 fully saturated rings. The first kappa shape index (κ1) is 7.71. The Balaban J connectivity index is 3.46. The van der Waals surface area contributed by atoms with Crippen LogP contribution in [0.4, 0.5) is 0 Å². The number of rotatable bonds is 0. The molecule has 1 rings (SSSR count). The van der Waals surface area contributed by atoms with Crippen LogP contribution in [0, 0.1) is 10.6 Å². The summed E-state index contributed by atoms with van der Waals surface area (Å²) < 4.78 is 2.38. The van der Waals surface area contributed by atoms with Gasteiger partial charge in [-0.05, 0) is 29.5 Å². The predicted molar refractivity (Wildman–Crippen MR) is 46.9 cm³/mol. The first-order valence-corrected chi connectivity index (χ1v) is 3.89. The molecule has 0 N–H and O–H groups in total. The van der Waals surface area contributed by atoms with E-state index in [1.807, 2.05) is 0 Å². The third-order valence-electron chi connectivity index (χ3n) is 1.20. The average Bonchev–Trinajstić information content (AvgIpc) is 1.82. The number of nitrogens with zero attached hydrogens (tertiary/aromatic N) is 2. The van der Waals surface area contributed by atoms with E-state index in [0.717, 1.165) is 3.70 Å². The molecule has 0 atom stereocenters. The van der Waals surface area contributed by atoms with Crippen molar-refractivity contribution in [2.24, 2.45) is 7.05 Å². The Hall–Kier alpha value is -0.390. The Labute approximate surface area is 72.2 Å². The van der Waals surface area contributed by atoms with Gasteiger partial charge < -0.3 is 4.57 Å². The zero-order valence-electron chi connectivity index (χ0n) is 5.76. The summed E-state index contributed by atoms with van der Waals surface area (Å²) in [6.45, 7) is 1.71. The molecule has 0 aromatic carbocycles. The number of aryl methyl sites for hydroxylation is 2. The Morgan fingerprint density at radius 3 is 2.80 bits per heavy atom. The van der Waals surface area contributed by atoms with E-state index < -0.39 is 0 Å². The van der Waals surface area contributed by atoms with Gasteiger partial charge in [-0.2, -0.15) is 0 Å². The van der Waals surface area contributed by atoms with Gasteiger partial charge in [0.2, 0.25) is 0 Å². The van der Waals surface area contributed by atoms with Crippen LogP contribution in [-0.4, -0.2) is 9.55 Å². The van der Waals surface area contributed by atoms with Gasteiger partial charge in [-0.3, -0.25) is 4.79 Å². The highest BCUT2D eigenvalue weighted by atomic mass is 127. The summed E-state index contributed by atoms with van der Waals surface area (Å²) in [6.07, 6.45) is 1.70. The molecular weight excluding hydrogens is 243 g/mol. The van der Waals surface area contributed by atoms with Crippen molar-refractivity contribution in [2.75, 3.05) is 0 Å². The largest absolute Gasteiger partial charge is 0.314 e. The van der Waals surface area contributed by atoms with Crippen LogP contribution in [0.2, 0.25) is 0 Å². The zero-order chi connectivity index (χ0) is 7.72. The van der Waals surface area contributed by atoms with Gasteiger partial charge in [0.25, 0.3) is 5.56 Å². The SMILES string of the molecule is Cc1nc(I)cn(C)c1=O. The lowest BCUT2D eigenvalue weighted by Gasteiger charge is -1.97. The standard InChI is InChI=1S/C6H7IN2O/c1-4-6(10)9(2)3-5(7)8-4/h3H,1-2H3. The molecule has 0 saturated heterocycles. The number of halogens is 1. The van der Waals surface area contributed by atoms with Crippen LogP contribution in [0.5, 0.6) is 0 Å². The van der Waals surface area contributed by atoms with E-state index >= 15 is 0 Å². The van der Waals surface area contributed by atoms with Crippen LogP contribution in [-0.2, 0) is 7.05 Å². The van der Waals surface area contributed by atoms with E-state index in [1.165, 1.54) is 4.57 Å². The third-order valence-corrected chi connectivity index (χ3v) is 1.72. The number of hydrogen-bond donors (Lipinski definition) is 0. The highest BCUT2D eigenvalue weighted by molar-refractivity contribution is 14.1. The molecule has 0 aliphatic carbocycles. The highest BCUT2D eigenvalue weighted by Gasteiger charge is 1.97. The number of hydrogen-bond acceptors (Lipinski definition) is 2. The average molecular weight is 250 g/mol. The molecule has 10 heavy (non-hydrogen) atoms. The summed E-state index contributed by atoms with van der Waals surface area (Å²) in [5.74, 6) is 0. The first-order chi connectivity index (χ1) is 4.61. The first-order valence-electron chi connectivity index (χ1n) is 2.81. The maximum Gasteiger partial charge on any atom is 0.271 e. The summed E-state index contributed by atoms with van der Waals surface area (Å²) in [7, 11) is 1.72. The molecule has 3 nitrogen and oxygen atoms in total. The molecule has 1 heterocycles. The molecular formula is C6H7IN2O. The second-order valence-electron chi connectivity index (χ2n) is 2.07. The third kappa shape index (κ3) is 1.36. The summed E-state index contributed by atoms with van der Waals surface area (Å²) in [6, 6.07) is 0. The lowest BCUT2D eigenvalue weighted by Crippen LogP contribution is -2.20. The molecule has 0 bridgehead atoms. The Bertz CT molecular complexity index is 279. The van der Waals surface area contributed by atoms with E-state index in [4.69, 9.17) is 0 Å². The van der Waals surface area contributed by atoms with Crippen LogP contribution in [0.15, 0.2) is 11.0 Å².